The van der Waals surface area contributed by atoms with E-state index in [0.29, 0.717) is 31.9 Å². The van der Waals surface area contributed by atoms with Crippen LogP contribution in [-0.2, 0) is 28.0 Å². The van der Waals surface area contributed by atoms with Gasteiger partial charge in [-0.15, -0.1) is 0 Å². The van der Waals surface area contributed by atoms with E-state index in [1.54, 1.807) is 0 Å². The number of anilines is 1. The van der Waals surface area contributed by atoms with Crippen molar-refractivity contribution in [2.45, 2.75) is 44.1 Å². The minimum atomic E-state index is -1.20. The Bertz CT molecular complexity index is 1170. The number of nitrogens with one attached hydrogen (secondary N) is 1. The molecule has 0 radical (unpaired) electrons. The molecule has 1 saturated heterocycles. The van der Waals surface area contributed by atoms with Gasteiger partial charge in [0.05, 0.1) is 11.3 Å². The van der Waals surface area contributed by atoms with Crippen LogP contribution in [0.5, 0.6) is 5.75 Å². The van der Waals surface area contributed by atoms with Crippen molar-refractivity contribution in [3.8, 4) is 5.75 Å². The average Bonchev–Trinajstić information content (AvgIpc) is 3.04. The maximum absolute atomic E-state index is 15.0. The van der Waals surface area contributed by atoms with E-state index in [4.69, 9.17) is 14.6 Å². The number of carbonyl (C=O) groups is 2. The van der Waals surface area contributed by atoms with Gasteiger partial charge in [0.25, 0.3) is 5.56 Å². The zero-order chi connectivity index (χ0) is 22.5. The summed E-state index contributed by atoms with van der Waals surface area (Å²) in [6, 6.07) is 2.41. The van der Waals surface area contributed by atoms with Gasteiger partial charge in [0.2, 0.25) is 5.95 Å². The van der Waals surface area contributed by atoms with E-state index in [9.17, 15) is 14.4 Å². The number of hydrogen-bond acceptors (Lipinski definition) is 7. The number of benzene rings is 1. The summed E-state index contributed by atoms with van der Waals surface area (Å²) in [5.41, 5.74) is 0.619. The number of carboxylic acids is 1. The lowest BCUT2D eigenvalue weighted by Crippen LogP contribution is -2.44. The number of rotatable bonds is 4. The van der Waals surface area contributed by atoms with Crippen molar-refractivity contribution < 1.29 is 28.6 Å². The molecule has 3 heterocycles. The number of halogens is 1. The molecule has 0 bridgehead atoms. The van der Waals surface area contributed by atoms with Gasteiger partial charge in [-0.3, -0.25) is 9.78 Å². The maximum atomic E-state index is 15.0. The predicted octanol–water partition coefficient (Wildman–Crippen LogP) is 1.92. The molecule has 0 unspecified atom stereocenters. The van der Waals surface area contributed by atoms with Crippen LogP contribution in [0.15, 0.2) is 16.9 Å². The van der Waals surface area contributed by atoms with Crippen molar-refractivity contribution in [1.82, 2.24) is 9.97 Å². The van der Waals surface area contributed by atoms with Gasteiger partial charge < -0.3 is 19.5 Å². The van der Waals surface area contributed by atoms with Crippen LogP contribution in [-0.4, -0.2) is 46.7 Å². The quantitative estimate of drug-likeness (QED) is 0.688. The van der Waals surface area contributed by atoms with Crippen LogP contribution in [0.1, 0.15) is 52.9 Å². The molecule has 1 aromatic heterocycles. The molecule has 1 fully saturated rings. The number of aromatic nitrogens is 2. The zero-order valence-corrected chi connectivity index (χ0v) is 17.3. The van der Waals surface area contributed by atoms with Gasteiger partial charge in [-0.25, -0.2) is 19.0 Å². The number of aliphatic carboxylic acids is 1. The Kier molecular flexibility index (Phi) is 4.87. The third-order valence-electron chi connectivity index (χ3n) is 6.44. The Morgan fingerprint density at radius 1 is 1.25 bits per heavy atom. The highest BCUT2D eigenvalue weighted by molar-refractivity contribution is 5.95. The van der Waals surface area contributed by atoms with Crippen LogP contribution in [0.4, 0.5) is 10.3 Å². The highest BCUT2D eigenvalue weighted by atomic mass is 19.1. The topological polar surface area (TPSA) is 122 Å². The summed E-state index contributed by atoms with van der Waals surface area (Å²) in [7, 11) is 0. The van der Waals surface area contributed by atoms with Crippen LogP contribution in [0.25, 0.3) is 0 Å². The minimum Gasteiger partial charge on any atom is -0.482 e. The van der Waals surface area contributed by atoms with Gasteiger partial charge in [-0.05, 0) is 31.7 Å². The van der Waals surface area contributed by atoms with E-state index in [2.05, 4.69) is 9.97 Å². The number of hydrogen-bond donors (Lipinski definition) is 2. The van der Waals surface area contributed by atoms with E-state index >= 15 is 4.39 Å². The molecule has 1 aromatic carbocycles. The number of aromatic amines is 1. The molecule has 32 heavy (non-hydrogen) atoms. The Hall–Kier alpha value is -3.43. The molecule has 2 aliphatic heterocycles. The van der Waals surface area contributed by atoms with Crippen molar-refractivity contribution >= 4 is 17.9 Å². The van der Waals surface area contributed by atoms with E-state index in [0.717, 1.165) is 43.0 Å². The van der Waals surface area contributed by atoms with E-state index < -0.39 is 30.0 Å². The number of nitrogens with zero attached hydrogens (tertiary/aromatic N) is 2. The number of fused-ring (bicyclic) bond motifs is 3. The fourth-order valence-corrected chi connectivity index (χ4v) is 4.89. The molecule has 9 nitrogen and oxygen atoms in total. The number of carbonyl (C=O) groups excluding carboxylic acids is 1. The number of ether oxygens (including phenoxy) is 2. The first-order valence-electron chi connectivity index (χ1n) is 10.7. The molecule has 0 atom stereocenters. The number of H-pyrrole nitrogens is 1. The van der Waals surface area contributed by atoms with Gasteiger partial charge >= 0.3 is 11.9 Å². The number of piperidine rings is 1. The largest absolute Gasteiger partial charge is 0.482 e. The predicted molar refractivity (Wildman–Crippen MR) is 110 cm³/mol. The highest BCUT2D eigenvalue weighted by Gasteiger charge is 2.50. The van der Waals surface area contributed by atoms with Gasteiger partial charge in [-0.1, -0.05) is 0 Å². The monoisotopic (exact) mass is 443 g/mol. The van der Waals surface area contributed by atoms with E-state index in [1.807, 2.05) is 4.90 Å². The lowest BCUT2D eigenvalue weighted by atomic mass is 9.83. The molecule has 0 amide bonds. The van der Waals surface area contributed by atoms with E-state index in [-0.39, 0.29) is 22.4 Å². The lowest BCUT2D eigenvalue weighted by molar-refractivity contribution is -0.139. The van der Waals surface area contributed by atoms with Gasteiger partial charge in [0.15, 0.2) is 6.61 Å². The molecule has 5 rings (SSSR count). The van der Waals surface area contributed by atoms with Crippen LogP contribution < -0.4 is 15.2 Å². The second-order valence-corrected chi connectivity index (χ2v) is 8.40. The zero-order valence-electron chi connectivity index (χ0n) is 17.3. The van der Waals surface area contributed by atoms with Crippen LogP contribution in [0.2, 0.25) is 0 Å². The number of esters is 1. The first-order chi connectivity index (χ1) is 15.4. The third-order valence-corrected chi connectivity index (χ3v) is 6.44. The van der Waals surface area contributed by atoms with Crippen molar-refractivity contribution in [1.29, 1.82) is 0 Å². The number of carboxylic acid groups (broad SMARTS) is 1. The Balaban J connectivity index is 1.39. The summed E-state index contributed by atoms with van der Waals surface area (Å²) in [6.45, 7) is 0.204. The molecular weight excluding hydrogens is 421 g/mol. The lowest BCUT2D eigenvalue weighted by Gasteiger charge is -2.39. The molecular formula is C22H22FN3O6. The first kappa shape index (κ1) is 20.5. The third kappa shape index (κ3) is 3.39. The summed E-state index contributed by atoms with van der Waals surface area (Å²) < 4.78 is 25.7. The molecule has 1 spiro atoms. The highest BCUT2D eigenvalue weighted by Crippen LogP contribution is 2.46. The first-order valence-corrected chi connectivity index (χ1v) is 10.7. The normalized spacial score (nSPS) is 18.8. The smallest absolute Gasteiger partial charge is 0.341 e. The SMILES string of the molecule is O=C(O)COc1cc(F)c2c(c1)C(=O)OC21CCN(c2nc3c(c(=O)[nH]2)CCCC3)CC1. The van der Waals surface area contributed by atoms with Crippen molar-refractivity contribution in [2.75, 3.05) is 24.6 Å². The molecule has 2 N–H and O–H groups in total. The fourth-order valence-electron chi connectivity index (χ4n) is 4.89. The molecule has 1 aliphatic carbocycles. The second kappa shape index (κ2) is 7.61. The molecule has 0 saturated carbocycles. The Morgan fingerprint density at radius 3 is 2.75 bits per heavy atom. The van der Waals surface area contributed by atoms with Crippen molar-refractivity contribution in [3.63, 3.8) is 0 Å². The van der Waals surface area contributed by atoms with Crippen LogP contribution in [0.3, 0.4) is 0 Å². The van der Waals surface area contributed by atoms with Gasteiger partial charge in [0, 0.05) is 43.1 Å². The second-order valence-electron chi connectivity index (χ2n) is 8.40. The minimum absolute atomic E-state index is 0.0362. The molecule has 168 valence electrons. The summed E-state index contributed by atoms with van der Waals surface area (Å²) >= 11 is 0. The molecule has 3 aliphatic rings. The average molecular weight is 443 g/mol. The van der Waals surface area contributed by atoms with Gasteiger partial charge in [-0.2, -0.15) is 0 Å². The maximum Gasteiger partial charge on any atom is 0.341 e. The summed E-state index contributed by atoms with van der Waals surface area (Å²) in [6.07, 6.45) is 4.19. The fraction of sp³-hybridized carbons (Fsp3) is 0.455. The molecule has 2 aromatic rings. The Labute approximate surface area is 182 Å². The van der Waals surface area contributed by atoms with Crippen LogP contribution >= 0.6 is 0 Å². The molecule has 10 heteroatoms. The van der Waals surface area contributed by atoms with E-state index in [1.165, 1.54) is 6.07 Å². The van der Waals surface area contributed by atoms with Crippen molar-refractivity contribution in [3.05, 3.63) is 50.7 Å². The summed E-state index contributed by atoms with van der Waals surface area (Å²) in [4.78, 5) is 45.1. The van der Waals surface area contributed by atoms with Crippen LogP contribution in [0, 0.1) is 5.82 Å². The standard InChI is InChI=1S/C22H22FN3O6/c23-15-10-12(31-11-17(27)28)9-14-18(15)22(32-20(14)30)5-7-26(8-6-22)21-24-16-4-2-1-3-13(16)19(29)25-21/h9-10H,1-8,11H2,(H,27,28)(H,24,25,29). The van der Waals surface area contributed by atoms with Crippen molar-refractivity contribution in [2.24, 2.45) is 0 Å². The summed E-state index contributed by atoms with van der Waals surface area (Å²) in [5, 5.41) is 8.75. The Morgan fingerprint density at radius 2 is 2.00 bits per heavy atom. The number of aryl methyl sites for hydroxylation is 1. The summed E-state index contributed by atoms with van der Waals surface area (Å²) in [5.74, 6) is -2.07. The van der Waals surface area contributed by atoms with Gasteiger partial charge in [0.1, 0.15) is 17.2 Å².